The second-order valence-electron chi connectivity index (χ2n) is 5.10. The van der Waals surface area contributed by atoms with E-state index in [9.17, 15) is 19.5 Å². The van der Waals surface area contributed by atoms with Gasteiger partial charge >= 0.3 is 18.0 Å². The number of likely N-dealkylation sites (tertiary alicyclic amines) is 1. The van der Waals surface area contributed by atoms with Gasteiger partial charge in [-0.25, -0.2) is 9.59 Å². The number of carbonyl (C=O) groups is 3. The number of hydrogen-bond donors (Lipinski definition) is 2. The summed E-state index contributed by atoms with van der Waals surface area (Å²) in [7, 11) is 0. The van der Waals surface area contributed by atoms with Crippen LogP contribution in [0.25, 0.3) is 0 Å². The van der Waals surface area contributed by atoms with Crippen LogP contribution in [0.15, 0.2) is 30.3 Å². The Hall–Kier alpha value is -2.57. The Kier molecular flexibility index (Phi) is 4.98. The smallest absolute Gasteiger partial charge is 0.408 e. The van der Waals surface area contributed by atoms with Gasteiger partial charge in [-0.1, -0.05) is 30.3 Å². The molecule has 0 aliphatic carbocycles. The fourth-order valence-corrected chi connectivity index (χ4v) is 2.57. The summed E-state index contributed by atoms with van der Waals surface area (Å²) in [5.74, 6) is -3.08. The Morgan fingerprint density at radius 3 is 2.45 bits per heavy atom. The SMILES string of the molecule is O=C(O)C1CCCN(C(=O)O)C1C(=O)OCc1ccccc1. The van der Waals surface area contributed by atoms with Crippen LogP contribution in [0.5, 0.6) is 0 Å². The normalized spacial score (nSPS) is 21.2. The highest BCUT2D eigenvalue weighted by molar-refractivity contribution is 5.87. The molecule has 0 saturated carbocycles. The molecule has 7 heteroatoms. The molecule has 1 amide bonds. The zero-order chi connectivity index (χ0) is 16.1. The minimum atomic E-state index is -1.31. The first-order valence-corrected chi connectivity index (χ1v) is 6.93. The third-order valence-corrected chi connectivity index (χ3v) is 3.66. The van der Waals surface area contributed by atoms with Crippen molar-refractivity contribution in [3.05, 3.63) is 35.9 Å². The van der Waals surface area contributed by atoms with Crippen LogP contribution in [-0.2, 0) is 20.9 Å². The summed E-state index contributed by atoms with van der Waals surface area (Å²) in [6, 6.07) is 7.61. The van der Waals surface area contributed by atoms with Gasteiger partial charge in [0.25, 0.3) is 0 Å². The molecule has 22 heavy (non-hydrogen) atoms. The molecule has 1 aliphatic heterocycles. The largest absolute Gasteiger partial charge is 0.481 e. The predicted molar refractivity (Wildman–Crippen MR) is 75.1 cm³/mol. The van der Waals surface area contributed by atoms with Gasteiger partial charge in [0.15, 0.2) is 0 Å². The van der Waals surface area contributed by atoms with Crippen molar-refractivity contribution in [1.82, 2.24) is 4.90 Å². The minimum Gasteiger partial charge on any atom is -0.481 e. The first-order chi connectivity index (χ1) is 10.5. The summed E-state index contributed by atoms with van der Waals surface area (Å²) >= 11 is 0. The maximum Gasteiger partial charge on any atom is 0.408 e. The lowest BCUT2D eigenvalue weighted by atomic mass is 9.89. The first-order valence-electron chi connectivity index (χ1n) is 6.93. The van der Waals surface area contributed by atoms with E-state index in [0.717, 1.165) is 10.5 Å². The Balaban J connectivity index is 2.11. The Bertz CT molecular complexity index is 536. The molecule has 2 N–H and O–H groups in total. The van der Waals surface area contributed by atoms with Gasteiger partial charge in [-0.3, -0.25) is 9.69 Å². The number of esters is 1. The van der Waals surface area contributed by atoms with Gasteiger partial charge in [-0.2, -0.15) is 0 Å². The molecule has 2 rings (SSSR count). The molecule has 1 heterocycles. The van der Waals surface area contributed by atoms with E-state index in [0.29, 0.717) is 6.42 Å². The van der Waals surface area contributed by atoms with Crippen LogP contribution in [0, 0.1) is 5.92 Å². The monoisotopic (exact) mass is 307 g/mol. The molecule has 118 valence electrons. The average molecular weight is 307 g/mol. The van der Waals surface area contributed by atoms with Crippen molar-refractivity contribution < 1.29 is 29.3 Å². The maximum atomic E-state index is 12.2. The molecule has 0 bridgehead atoms. The molecule has 1 fully saturated rings. The van der Waals surface area contributed by atoms with Gasteiger partial charge in [0, 0.05) is 6.54 Å². The van der Waals surface area contributed by atoms with Gasteiger partial charge in [-0.05, 0) is 18.4 Å². The van der Waals surface area contributed by atoms with E-state index < -0.39 is 30.0 Å². The number of benzene rings is 1. The quantitative estimate of drug-likeness (QED) is 0.818. The van der Waals surface area contributed by atoms with Crippen LogP contribution in [0.2, 0.25) is 0 Å². The standard InChI is InChI=1S/C15H17NO6/c17-13(18)11-7-4-8-16(15(20)21)12(11)14(19)22-9-10-5-2-1-3-6-10/h1-3,5-6,11-12H,4,7-9H2,(H,17,18)(H,20,21). The van der Waals surface area contributed by atoms with Crippen LogP contribution in [0.4, 0.5) is 4.79 Å². The molecule has 1 aliphatic rings. The van der Waals surface area contributed by atoms with Crippen molar-refractivity contribution in [2.75, 3.05) is 6.54 Å². The van der Waals surface area contributed by atoms with E-state index in [1.54, 1.807) is 24.3 Å². The van der Waals surface area contributed by atoms with Crippen LogP contribution < -0.4 is 0 Å². The van der Waals surface area contributed by atoms with Gasteiger partial charge in [0.1, 0.15) is 12.6 Å². The molecule has 1 saturated heterocycles. The number of piperidine rings is 1. The zero-order valence-corrected chi connectivity index (χ0v) is 11.8. The molecule has 1 aromatic carbocycles. The minimum absolute atomic E-state index is 0.0179. The number of aliphatic carboxylic acids is 1. The summed E-state index contributed by atoms with van der Waals surface area (Å²) in [5, 5.41) is 18.4. The third-order valence-electron chi connectivity index (χ3n) is 3.66. The lowest BCUT2D eigenvalue weighted by molar-refractivity contribution is -0.161. The molecular formula is C15H17NO6. The first kappa shape index (κ1) is 15.8. The number of ether oxygens (including phenoxy) is 1. The van der Waals surface area contributed by atoms with Crippen molar-refractivity contribution in [2.45, 2.75) is 25.5 Å². The average Bonchev–Trinajstić information content (AvgIpc) is 2.52. The van der Waals surface area contributed by atoms with E-state index in [4.69, 9.17) is 9.84 Å². The lowest BCUT2D eigenvalue weighted by Gasteiger charge is -2.35. The van der Waals surface area contributed by atoms with Crippen molar-refractivity contribution in [3.8, 4) is 0 Å². The predicted octanol–water partition coefficient (Wildman–Crippen LogP) is 1.57. The number of carboxylic acid groups (broad SMARTS) is 2. The Morgan fingerprint density at radius 2 is 1.86 bits per heavy atom. The van der Waals surface area contributed by atoms with Crippen molar-refractivity contribution in [2.24, 2.45) is 5.92 Å². The molecule has 1 aromatic rings. The second-order valence-corrected chi connectivity index (χ2v) is 5.10. The van der Waals surface area contributed by atoms with E-state index in [-0.39, 0.29) is 19.6 Å². The van der Waals surface area contributed by atoms with Crippen LogP contribution in [0.1, 0.15) is 18.4 Å². The van der Waals surface area contributed by atoms with E-state index in [2.05, 4.69) is 0 Å². The Labute approximate surface area is 127 Å². The highest BCUT2D eigenvalue weighted by Gasteiger charge is 2.44. The van der Waals surface area contributed by atoms with Crippen molar-refractivity contribution in [1.29, 1.82) is 0 Å². The van der Waals surface area contributed by atoms with Crippen LogP contribution in [-0.4, -0.2) is 45.7 Å². The molecule has 0 radical (unpaired) electrons. The third kappa shape index (κ3) is 3.55. The molecule has 0 spiro atoms. The summed E-state index contributed by atoms with van der Waals surface area (Å²) in [5.41, 5.74) is 0.750. The van der Waals surface area contributed by atoms with E-state index in [1.807, 2.05) is 6.07 Å². The van der Waals surface area contributed by atoms with Gasteiger partial charge in [0.05, 0.1) is 5.92 Å². The number of hydrogen-bond acceptors (Lipinski definition) is 4. The number of carboxylic acids is 1. The highest BCUT2D eigenvalue weighted by atomic mass is 16.5. The molecule has 0 aromatic heterocycles. The maximum absolute atomic E-state index is 12.2. The number of nitrogens with zero attached hydrogens (tertiary/aromatic N) is 1. The lowest BCUT2D eigenvalue weighted by Crippen LogP contribution is -2.54. The topological polar surface area (TPSA) is 104 Å². The fourth-order valence-electron chi connectivity index (χ4n) is 2.57. The zero-order valence-electron chi connectivity index (χ0n) is 11.8. The van der Waals surface area contributed by atoms with Crippen molar-refractivity contribution >= 4 is 18.0 Å². The van der Waals surface area contributed by atoms with E-state index in [1.165, 1.54) is 0 Å². The summed E-state index contributed by atoms with van der Waals surface area (Å²) in [4.78, 5) is 35.6. The number of carbonyl (C=O) groups excluding carboxylic acids is 1. The van der Waals surface area contributed by atoms with Crippen LogP contribution in [0.3, 0.4) is 0 Å². The van der Waals surface area contributed by atoms with Crippen molar-refractivity contribution in [3.63, 3.8) is 0 Å². The fraction of sp³-hybridized carbons (Fsp3) is 0.400. The Morgan fingerprint density at radius 1 is 1.18 bits per heavy atom. The molecule has 2 unspecified atom stereocenters. The highest BCUT2D eigenvalue weighted by Crippen LogP contribution is 2.25. The number of rotatable bonds is 4. The van der Waals surface area contributed by atoms with Crippen LogP contribution >= 0.6 is 0 Å². The van der Waals surface area contributed by atoms with Gasteiger partial charge < -0.3 is 14.9 Å². The molecule has 7 nitrogen and oxygen atoms in total. The second kappa shape index (κ2) is 6.93. The van der Waals surface area contributed by atoms with E-state index >= 15 is 0 Å². The van der Waals surface area contributed by atoms with Gasteiger partial charge in [-0.15, -0.1) is 0 Å². The summed E-state index contributed by atoms with van der Waals surface area (Å²) in [6.07, 6.45) is -0.650. The van der Waals surface area contributed by atoms with Gasteiger partial charge in [0.2, 0.25) is 0 Å². The summed E-state index contributed by atoms with van der Waals surface area (Å²) < 4.78 is 5.12. The molecular weight excluding hydrogens is 290 g/mol. The summed E-state index contributed by atoms with van der Waals surface area (Å²) in [6.45, 7) is 0.111. The molecule has 2 atom stereocenters. The number of amides is 1.